The third-order valence-electron chi connectivity index (χ3n) is 3.77. The molecular weight excluding hydrogens is 405 g/mol. The molecular formula is C17H10F5N3O4. The Morgan fingerprint density at radius 1 is 1.07 bits per heavy atom. The van der Waals surface area contributed by atoms with Crippen LogP contribution in [0.3, 0.4) is 0 Å². The predicted molar refractivity (Wildman–Crippen MR) is 88.2 cm³/mol. The van der Waals surface area contributed by atoms with Gasteiger partial charge in [0.1, 0.15) is 5.69 Å². The van der Waals surface area contributed by atoms with Gasteiger partial charge < -0.3 is 9.84 Å². The number of para-hydroxylation sites is 2. The second kappa shape index (κ2) is 7.04. The van der Waals surface area contributed by atoms with Crippen molar-refractivity contribution in [2.45, 2.75) is 6.18 Å². The van der Waals surface area contributed by atoms with Crippen molar-refractivity contribution in [1.82, 2.24) is 14.1 Å². The Kier molecular flexibility index (Phi) is 4.86. The number of hydrogen-bond donors (Lipinski definition) is 1. The lowest BCUT2D eigenvalue weighted by molar-refractivity contribution is -0.144. The van der Waals surface area contributed by atoms with Gasteiger partial charge in [0.15, 0.2) is 29.0 Å². The minimum atomic E-state index is -5.01. The first-order valence-corrected chi connectivity index (χ1v) is 7.73. The number of nitrogens with zero attached hydrogens (tertiary/aromatic N) is 3. The maximum absolute atomic E-state index is 14.2. The van der Waals surface area contributed by atoms with Gasteiger partial charge in [-0.05, 0) is 12.1 Å². The first-order chi connectivity index (χ1) is 13.5. The fourth-order valence-electron chi connectivity index (χ4n) is 2.41. The van der Waals surface area contributed by atoms with Crippen LogP contribution in [0.25, 0.3) is 5.82 Å². The van der Waals surface area contributed by atoms with Gasteiger partial charge in [-0.25, -0.2) is 18.1 Å². The van der Waals surface area contributed by atoms with E-state index < -0.39 is 52.2 Å². The van der Waals surface area contributed by atoms with Crippen molar-refractivity contribution in [3.8, 4) is 23.2 Å². The number of aromatic hydroxyl groups is 1. The van der Waals surface area contributed by atoms with Gasteiger partial charge >= 0.3 is 11.9 Å². The number of alkyl halides is 3. The molecule has 0 aliphatic heterocycles. The van der Waals surface area contributed by atoms with Gasteiger partial charge in [-0.1, -0.05) is 12.1 Å². The molecule has 0 saturated carbocycles. The van der Waals surface area contributed by atoms with Crippen LogP contribution in [0.1, 0.15) is 5.69 Å². The maximum atomic E-state index is 14.2. The monoisotopic (exact) mass is 415 g/mol. The predicted octanol–water partition coefficient (Wildman–Crippen LogP) is 2.73. The number of phenolic OH excluding ortho intramolecular Hbond substituents is 1. The van der Waals surface area contributed by atoms with Crippen LogP contribution in [0, 0.1) is 11.6 Å². The lowest BCUT2D eigenvalue weighted by Crippen LogP contribution is -2.41. The second-order valence-electron chi connectivity index (χ2n) is 5.69. The van der Waals surface area contributed by atoms with E-state index in [9.17, 15) is 36.6 Å². The minimum absolute atomic E-state index is 0.00171. The zero-order chi connectivity index (χ0) is 21.5. The first kappa shape index (κ1) is 20.0. The van der Waals surface area contributed by atoms with Gasteiger partial charge in [0.05, 0.1) is 0 Å². The van der Waals surface area contributed by atoms with Gasteiger partial charge in [0.25, 0.3) is 11.4 Å². The summed E-state index contributed by atoms with van der Waals surface area (Å²) in [5.41, 5.74) is -4.65. The van der Waals surface area contributed by atoms with E-state index in [1.165, 1.54) is 24.3 Å². The molecule has 0 radical (unpaired) electrons. The van der Waals surface area contributed by atoms with E-state index in [4.69, 9.17) is 4.74 Å². The van der Waals surface area contributed by atoms with Crippen LogP contribution in [-0.2, 0) is 13.2 Å². The van der Waals surface area contributed by atoms with Crippen molar-refractivity contribution in [2.24, 2.45) is 7.05 Å². The smallest absolute Gasteiger partial charge is 0.431 e. The molecule has 0 saturated heterocycles. The summed E-state index contributed by atoms with van der Waals surface area (Å²) in [5, 5.41) is 9.67. The number of pyridine rings is 1. The Hall–Kier alpha value is -3.70. The van der Waals surface area contributed by atoms with Crippen LogP contribution >= 0.6 is 0 Å². The summed E-state index contributed by atoms with van der Waals surface area (Å²) in [4.78, 5) is 27.8. The molecule has 0 fully saturated rings. The molecule has 7 nitrogen and oxygen atoms in total. The molecule has 0 amide bonds. The van der Waals surface area contributed by atoms with Gasteiger partial charge in [0, 0.05) is 19.2 Å². The van der Waals surface area contributed by atoms with Crippen LogP contribution in [0.2, 0.25) is 0 Å². The van der Waals surface area contributed by atoms with E-state index in [0.29, 0.717) is 0 Å². The number of ether oxygens (including phenoxy) is 1. The highest BCUT2D eigenvalue weighted by Gasteiger charge is 2.35. The third-order valence-corrected chi connectivity index (χ3v) is 3.77. The highest BCUT2D eigenvalue weighted by Crippen LogP contribution is 2.31. The summed E-state index contributed by atoms with van der Waals surface area (Å²) < 4.78 is 72.2. The topological polar surface area (TPSA) is 86.3 Å². The maximum Gasteiger partial charge on any atom is 0.431 e. The fourth-order valence-corrected chi connectivity index (χ4v) is 2.41. The molecule has 0 unspecified atom stereocenters. The first-order valence-electron chi connectivity index (χ1n) is 7.73. The number of aromatic nitrogens is 3. The molecule has 3 aromatic rings. The SMILES string of the molecule is Cn1c(C(F)(F)F)cc(=O)n(-c2nc(Oc3ccccc3O)c(F)cc2F)c1=O. The number of phenols is 1. The summed E-state index contributed by atoms with van der Waals surface area (Å²) in [5.74, 6) is -5.52. The zero-order valence-electron chi connectivity index (χ0n) is 14.4. The molecule has 3 rings (SSSR count). The Balaban J connectivity index is 2.20. The molecule has 1 aromatic carbocycles. The van der Waals surface area contributed by atoms with Crippen molar-refractivity contribution >= 4 is 0 Å². The van der Waals surface area contributed by atoms with Gasteiger partial charge in [-0.15, -0.1) is 0 Å². The Morgan fingerprint density at radius 3 is 2.34 bits per heavy atom. The largest absolute Gasteiger partial charge is 0.504 e. The van der Waals surface area contributed by atoms with E-state index in [-0.39, 0.29) is 27.0 Å². The standard InChI is InChI=1S/C17H10F5N3O4/c1-24-12(17(20,21)22)7-13(27)25(16(24)28)14-8(18)6-9(19)15(23-14)29-11-5-3-2-4-10(11)26/h2-7,26H,1H3. The Labute approximate surface area is 157 Å². The number of hydrogen-bond acceptors (Lipinski definition) is 5. The number of rotatable bonds is 3. The molecule has 0 aliphatic carbocycles. The third kappa shape index (κ3) is 3.68. The number of halogens is 5. The zero-order valence-corrected chi connectivity index (χ0v) is 14.4. The van der Waals surface area contributed by atoms with Crippen molar-refractivity contribution in [3.05, 3.63) is 74.6 Å². The van der Waals surface area contributed by atoms with E-state index >= 15 is 0 Å². The lowest BCUT2D eigenvalue weighted by atomic mass is 10.3. The summed E-state index contributed by atoms with van der Waals surface area (Å²) in [7, 11) is 0.724. The van der Waals surface area contributed by atoms with Crippen LogP contribution in [-0.4, -0.2) is 19.2 Å². The average molecular weight is 415 g/mol. The van der Waals surface area contributed by atoms with Crippen LogP contribution < -0.4 is 16.0 Å². The molecule has 2 heterocycles. The van der Waals surface area contributed by atoms with Gasteiger partial charge in [-0.3, -0.25) is 9.36 Å². The Morgan fingerprint density at radius 2 is 1.72 bits per heavy atom. The van der Waals surface area contributed by atoms with Crippen molar-refractivity contribution in [2.75, 3.05) is 0 Å². The molecule has 1 N–H and O–H groups in total. The molecule has 0 atom stereocenters. The summed E-state index contributed by atoms with van der Waals surface area (Å²) in [6.07, 6.45) is -5.01. The quantitative estimate of drug-likeness (QED) is 0.665. The highest BCUT2D eigenvalue weighted by molar-refractivity contribution is 5.41. The van der Waals surface area contributed by atoms with E-state index in [0.717, 1.165) is 7.05 Å². The van der Waals surface area contributed by atoms with Crippen LogP contribution in [0.4, 0.5) is 22.0 Å². The van der Waals surface area contributed by atoms with Gasteiger partial charge in [-0.2, -0.15) is 18.2 Å². The summed E-state index contributed by atoms with van der Waals surface area (Å²) in [6.45, 7) is 0. The van der Waals surface area contributed by atoms with Crippen molar-refractivity contribution in [3.63, 3.8) is 0 Å². The van der Waals surface area contributed by atoms with Crippen molar-refractivity contribution < 1.29 is 31.8 Å². The molecule has 0 aliphatic rings. The lowest BCUT2D eigenvalue weighted by Gasteiger charge is -2.14. The van der Waals surface area contributed by atoms with Crippen molar-refractivity contribution in [1.29, 1.82) is 0 Å². The molecule has 2 aromatic heterocycles. The van der Waals surface area contributed by atoms with Gasteiger partial charge in [0.2, 0.25) is 0 Å². The van der Waals surface area contributed by atoms with E-state index in [1.807, 2.05) is 0 Å². The molecule has 152 valence electrons. The summed E-state index contributed by atoms with van der Waals surface area (Å²) >= 11 is 0. The van der Waals surface area contributed by atoms with E-state index in [1.54, 1.807) is 0 Å². The second-order valence-corrected chi connectivity index (χ2v) is 5.69. The molecule has 0 spiro atoms. The molecule has 12 heteroatoms. The Bertz CT molecular complexity index is 1220. The number of benzene rings is 1. The van der Waals surface area contributed by atoms with E-state index in [2.05, 4.69) is 4.98 Å². The molecule has 29 heavy (non-hydrogen) atoms. The molecule has 0 bridgehead atoms. The minimum Gasteiger partial charge on any atom is -0.504 e. The van der Waals surface area contributed by atoms with Crippen LogP contribution in [0.15, 0.2) is 46.0 Å². The fraction of sp³-hybridized carbons (Fsp3) is 0.118. The average Bonchev–Trinajstić information content (AvgIpc) is 2.62. The highest BCUT2D eigenvalue weighted by atomic mass is 19.4. The summed E-state index contributed by atoms with van der Waals surface area (Å²) in [6, 6.07) is 5.61. The van der Waals surface area contributed by atoms with Crippen LogP contribution in [0.5, 0.6) is 17.4 Å². The normalized spacial score (nSPS) is 11.5.